The van der Waals surface area contributed by atoms with E-state index in [0.29, 0.717) is 24.6 Å². The van der Waals surface area contributed by atoms with Gasteiger partial charge in [-0.05, 0) is 65.1 Å². The average Bonchev–Trinajstić information content (AvgIpc) is 2.75. The van der Waals surface area contributed by atoms with Gasteiger partial charge in [-0.25, -0.2) is 0 Å². The molecule has 0 saturated carbocycles. The van der Waals surface area contributed by atoms with E-state index in [1.54, 1.807) is 21.3 Å². The third kappa shape index (κ3) is 5.37. The Morgan fingerprint density at radius 1 is 1.03 bits per heavy atom. The van der Waals surface area contributed by atoms with Crippen molar-refractivity contribution in [2.75, 3.05) is 27.9 Å². The summed E-state index contributed by atoms with van der Waals surface area (Å²) in [6.45, 7) is 9.54. The first-order valence-electron chi connectivity index (χ1n) is 11.3. The molecule has 32 heavy (non-hydrogen) atoms. The number of nitrogens with zero attached hydrogens (tertiary/aromatic N) is 1. The van der Waals surface area contributed by atoms with E-state index in [1.165, 1.54) is 5.56 Å². The van der Waals surface area contributed by atoms with Crippen molar-refractivity contribution in [1.82, 2.24) is 4.90 Å². The Morgan fingerprint density at radius 2 is 1.66 bits per heavy atom. The van der Waals surface area contributed by atoms with Gasteiger partial charge in [0.2, 0.25) is 5.91 Å². The zero-order valence-corrected chi connectivity index (χ0v) is 20.5. The number of fused-ring (bicyclic) bond motifs is 1. The number of hydrogen-bond donors (Lipinski definition) is 0. The Morgan fingerprint density at radius 3 is 2.22 bits per heavy atom. The summed E-state index contributed by atoms with van der Waals surface area (Å²) in [4.78, 5) is 15.6. The lowest BCUT2D eigenvalue weighted by Crippen LogP contribution is -2.41. The van der Waals surface area contributed by atoms with Crippen LogP contribution in [0, 0.1) is 11.3 Å². The molecule has 0 radical (unpaired) electrons. The molecular weight excluding hydrogens is 402 g/mol. The van der Waals surface area contributed by atoms with Gasteiger partial charge in [0, 0.05) is 13.0 Å². The molecule has 0 aromatic heterocycles. The van der Waals surface area contributed by atoms with Crippen LogP contribution in [0.5, 0.6) is 17.2 Å². The van der Waals surface area contributed by atoms with Crippen molar-refractivity contribution in [3.05, 3.63) is 53.1 Å². The second kappa shape index (κ2) is 9.85. The zero-order valence-electron chi connectivity index (χ0n) is 20.5. The predicted octanol–water partition coefficient (Wildman–Crippen LogP) is 5.65. The maximum atomic E-state index is 13.5. The maximum Gasteiger partial charge on any atom is 0.223 e. The highest BCUT2D eigenvalue weighted by Crippen LogP contribution is 2.42. The van der Waals surface area contributed by atoms with Crippen molar-refractivity contribution in [1.29, 1.82) is 0 Å². The Labute approximate surface area is 192 Å². The van der Waals surface area contributed by atoms with Crippen molar-refractivity contribution < 1.29 is 19.0 Å². The van der Waals surface area contributed by atoms with E-state index in [-0.39, 0.29) is 17.4 Å². The molecule has 0 spiro atoms. The minimum atomic E-state index is -0.168. The van der Waals surface area contributed by atoms with E-state index in [4.69, 9.17) is 14.2 Å². The van der Waals surface area contributed by atoms with Gasteiger partial charge in [-0.1, -0.05) is 39.8 Å². The van der Waals surface area contributed by atoms with E-state index in [0.717, 1.165) is 35.5 Å². The molecule has 5 heteroatoms. The van der Waals surface area contributed by atoms with Gasteiger partial charge in [0.1, 0.15) is 5.75 Å². The molecule has 5 nitrogen and oxygen atoms in total. The summed E-state index contributed by atoms with van der Waals surface area (Å²) < 4.78 is 16.5. The largest absolute Gasteiger partial charge is 0.497 e. The second-order valence-corrected chi connectivity index (χ2v) is 9.99. The van der Waals surface area contributed by atoms with Crippen molar-refractivity contribution in [2.24, 2.45) is 11.3 Å². The van der Waals surface area contributed by atoms with Crippen LogP contribution in [-0.4, -0.2) is 38.7 Å². The second-order valence-electron chi connectivity index (χ2n) is 9.99. The molecule has 3 rings (SSSR count). The fraction of sp³-hybridized carbons (Fsp3) is 0.519. The van der Waals surface area contributed by atoms with E-state index in [1.807, 2.05) is 35.2 Å². The lowest BCUT2D eigenvalue weighted by atomic mass is 9.83. The first-order chi connectivity index (χ1) is 15.2. The quantitative estimate of drug-likeness (QED) is 0.559. The van der Waals surface area contributed by atoms with Crippen LogP contribution in [0.2, 0.25) is 0 Å². The summed E-state index contributed by atoms with van der Waals surface area (Å²) >= 11 is 0. The maximum absolute atomic E-state index is 13.5. The van der Waals surface area contributed by atoms with Crippen LogP contribution < -0.4 is 14.2 Å². The zero-order chi connectivity index (χ0) is 23.5. The molecule has 2 aromatic carbocycles. The number of ether oxygens (including phenoxy) is 3. The lowest BCUT2D eigenvalue weighted by Gasteiger charge is -2.39. The molecule has 2 atom stereocenters. The van der Waals surface area contributed by atoms with E-state index in [2.05, 4.69) is 33.8 Å². The van der Waals surface area contributed by atoms with Crippen molar-refractivity contribution in [3.8, 4) is 17.2 Å². The Hall–Kier alpha value is -2.69. The number of carbonyl (C=O) groups is 1. The topological polar surface area (TPSA) is 48.0 Å². The molecule has 1 aliphatic heterocycles. The number of amides is 1. The number of methoxy groups -OCH3 is 3. The fourth-order valence-corrected chi connectivity index (χ4v) is 4.89. The predicted molar refractivity (Wildman–Crippen MR) is 128 cm³/mol. The molecule has 0 bridgehead atoms. The highest BCUT2D eigenvalue weighted by molar-refractivity contribution is 5.78. The smallest absolute Gasteiger partial charge is 0.223 e. The number of carbonyl (C=O) groups excluding carboxylic acids is 1. The molecule has 174 valence electrons. The molecule has 0 N–H and O–H groups in total. The number of hydrogen-bond acceptors (Lipinski definition) is 4. The minimum Gasteiger partial charge on any atom is -0.497 e. The molecule has 0 aliphatic carbocycles. The van der Waals surface area contributed by atoms with Crippen LogP contribution in [0.3, 0.4) is 0 Å². The molecule has 1 heterocycles. The molecular formula is C27H37NO4. The first kappa shape index (κ1) is 24.0. The molecule has 0 saturated heterocycles. The fourth-order valence-electron chi connectivity index (χ4n) is 4.89. The average molecular weight is 440 g/mol. The van der Waals surface area contributed by atoms with Crippen LogP contribution in [-0.2, 0) is 11.2 Å². The number of rotatable bonds is 7. The SMILES string of the molecule is COc1ccc([C@H]2c3cc(OC)c(OC)cc3CCN2C(=O)C[C@@H](C)CC(C)(C)C)cc1. The highest BCUT2D eigenvalue weighted by atomic mass is 16.5. The van der Waals surface area contributed by atoms with Gasteiger partial charge in [0.05, 0.1) is 27.4 Å². The summed E-state index contributed by atoms with van der Waals surface area (Å²) in [5, 5.41) is 0. The number of benzene rings is 2. The van der Waals surface area contributed by atoms with Gasteiger partial charge in [-0.2, -0.15) is 0 Å². The van der Waals surface area contributed by atoms with E-state index < -0.39 is 0 Å². The van der Waals surface area contributed by atoms with E-state index in [9.17, 15) is 4.79 Å². The standard InChI is InChI=1S/C27H37NO4/c1-18(17-27(2,3)4)14-25(29)28-13-12-20-15-23(31-6)24(32-7)16-22(20)26(28)19-8-10-21(30-5)11-9-19/h8-11,15-16,18,26H,12-14,17H2,1-7H3/t18-,26+/m1/s1. The first-order valence-corrected chi connectivity index (χ1v) is 11.3. The van der Waals surface area contributed by atoms with Crippen molar-refractivity contribution >= 4 is 5.91 Å². The van der Waals surface area contributed by atoms with Crippen LogP contribution in [0.1, 0.15) is 63.3 Å². The highest BCUT2D eigenvalue weighted by Gasteiger charge is 2.34. The van der Waals surface area contributed by atoms with Crippen molar-refractivity contribution in [2.45, 2.75) is 53.0 Å². The van der Waals surface area contributed by atoms with Gasteiger partial charge >= 0.3 is 0 Å². The lowest BCUT2D eigenvalue weighted by molar-refractivity contribution is -0.134. The molecule has 2 aromatic rings. The van der Waals surface area contributed by atoms with Crippen LogP contribution in [0.4, 0.5) is 0 Å². The third-order valence-electron chi connectivity index (χ3n) is 6.11. The Kier molecular flexibility index (Phi) is 7.37. The van der Waals surface area contributed by atoms with Crippen LogP contribution in [0.25, 0.3) is 0 Å². The minimum absolute atomic E-state index is 0.168. The van der Waals surface area contributed by atoms with E-state index >= 15 is 0 Å². The van der Waals surface area contributed by atoms with Gasteiger partial charge in [-0.15, -0.1) is 0 Å². The summed E-state index contributed by atoms with van der Waals surface area (Å²) in [5.74, 6) is 2.72. The molecule has 1 aliphatic rings. The van der Waals surface area contributed by atoms with Gasteiger partial charge in [0.25, 0.3) is 0 Å². The van der Waals surface area contributed by atoms with Crippen LogP contribution in [0.15, 0.2) is 36.4 Å². The van der Waals surface area contributed by atoms with Gasteiger partial charge in [0.15, 0.2) is 11.5 Å². The molecule has 1 amide bonds. The monoisotopic (exact) mass is 439 g/mol. The van der Waals surface area contributed by atoms with Crippen LogP contribution >= 0.6 is 0 Å². The summed E-state index contributed by atoms with van der Waals surface area (Å²) in [6.07, 6.45) is 2.36. The van der Waals surface area contributed by atoms with Gasteiger partial charge in [-0.3, -0.25) is 4.79 Å². The normalized spacial score (nSPS) is 16.8. The molecule has 0 fully saturated rings. The van der Waals surface area contributed by atoms with Crippen molar-refractivity contribution in [3.63, 3.8) is 0 Å². The third-order valence-corrected chi connectivity index (χ3v) is 6.11. The summed E-state index contributed by atoms with van der Waals surface area (Å²) in [5.41, 5.74) is 3.55. The Bertz CT molecular complexity index is 930. The summed E-state index contributed by atoms with van der Waals surface area (Å²) in [6, 6.07) is 11.9. The molecule has 0 unspecified atom stereocenters. The summed E-state index contributed by atoms with van der Waals surface area (Å²) in [7, 11) is 4.96. The van der Waals surface area contributed by atoms with Gasteiger partial charge < -0.3 is 19.1 Å². The Balaban J connectivity index is 2.00.